The molecule has 0 unspecified atom stereocenters. The van der Waals surface area contributed by atoms with E-state index in [1.165, 1.54) is 22.5 Å². The second-order valence-electron chi connectivity index (χ2n) is 6.22. The van der Waals surface area contributed by atoms with Crippen LogP contribution in [0.5, 0.6) is 0 Å². The van der Waals surface area contributed by atoms with Crippen LogP contribution in [0.3, 0.4) is 0 Å². The van der Waals surface area contributed by atoms with Crippen molar-refractivity contribution in [2.24, 2.45) is 0 Å². The van der Waals surface area contributed by atoms with E-state index < -0.39 is 10.0 Å². The number of halogens is 2. The molecule has 1 fully saturated rings. The summed E-state index contributed by atoms with van der Waals surface area (Å²) in [6, 6.07) is 11.2. The highest BCUT2D eigenvalue weighted by atomic mass is 35.5. The summed E-state index contributed by atoms with van der Waals surface area (Å²) in [7, 11) is -3.53. The Labute approximate surface area is 152 Å². The fourth-order valence-corrected chi connectivity index (χ4v) is 4.55. The van der Waals surface area contributed by atoms with Crippen LogP contribution in [0.25, 0.3) is 0 Å². The first-order valence-electron chi connectivity index (χ1n) is 8.09. The van der Waals surface area contributed by atoms with E-state index in [-0.39, 0.29) is 10.7 Å². The summed E-state index contributed by atoms with van der Waals surface area (Å²) in [6.07, 6.45) is 0. The number of benzene rings is 2. The number of hydrogen-bond donors (Lipinski definition) is 0. The summed E-state index contributed by atoms with van der Waals surface area (Å²) in [6.45, 7) is 4.65. The zero-order valence-electron chi connectivity index (χ0n) is 14.0. The topological polar surface area (TPSA) is 40.6 Å². The second-order valence-corrected chi connectivity index (χ2v) is 8.56. The highest BCUT2D eigenvalue weighted by Gasteiger charge is 2.28. The monoisotopic (exact) mass is 382 g/mol. The molecular formula is C18H20ClFN2O2S. The van der Waals surface area contributed by atoms with Crippen LogP contribution >= 0.6 is 11.6 Å². The smallest absolute Gasteiger partial charge is 0.243 e. The minimum Gasteiger partial charge on any atom is -0.296 e. The quantitative estimate of drug-likeness (QED) is 0.814. The van der Waals surface area contributed by atoms with Gasteiger partial charge in [-0.1, -0.05) is 29.8 Å². The van der Waals surface area contributed by atoms with E-state index in [4.69, 9.17) is 11.6 Å². The molecule has 1 aliphatic rings. The summed E-state index contributed by atoms with van der Waals surface area (Å²) in [5.74, 6) is -0.253. The molecular weight excluding hydrogens is 363 g/mol. The van der Waals surface area contributed by atoms with Crippen molar-refractivity contribution in [1.82, 2.24) is 9.21 Å². The van der Waals surface area contributed by atoms with Gasteiger partial charge in [-0.15, -0.1) is 0 Å². The number of hydrogen-bond acceptors (Lipinski definition) is 3. The van der Waals surface area contributed by atoms with E-state index in [1.807, 2.05) is 6.92 Å². The van der Waals surface area contributed by atoms with Gasteiger partial charge in [-0.2, -0.15) is 4.31 Å². The highest BCUT2D eigenvalue weighted by molar-refractivity contribution is 7.89. The van der Waals surface area contributed by atoms with Gasteiger partial charge < -0.3 is 0 Å². The molecule has 0 N–H and O–H groups in total. The third-order valence-corrected chi connectivity index (χ3v) is 6.73. The lowest BCUT2D eigenvalue weighted by atomic mass is 10.2. The third-order valence-electron chi connectivity index (χ3n) is 4.43. The molecule has 2 aromatic rings. The van der Waals surface area contributed by atoms with E-state index >= 15 is 0 Å². The van der Waals surface area contributed by atoms with Crippen LogP contribution in [-0.2, 0) is 16.6 Å². The molecule has 0 aliphatic carbocycles. The molecule has 25 heavy (non-hydrogen) atoms. The maximum atomic E-state index is 13.0. The Morgan fingerprint density at radius 1 is 1.04 bits per heavy atom. The van der Waals surface area contributed by atoms with Crippen LogP contribution in [0.1, 0.15) is 11.1 Å². The van der Waals surface area contributed by atoms with Gasteiger partial charge in [0, 0.05) is 37.7 Å². The summed E-state index contributed by atoms with van der Waals surface area (Å²) in [5.41, 5.74) is 1.87. The molecule has 7 heteroatoms. The van der Waals surface area contributed by atoms with Crippen molar-refractivity contribution >= 4 is 21.6 Å². The first-order chi connectivity index (χ1) is 11.9. The second kappa shape index (κ2) is 7.41. The molecule has 2 aromatic carbocycles. The van der Waals surface area contributed by atoms with E-state index in [0.29, 0.717) is 37.7 Å². The SMILES string of the molecule is Cc1ccc(S(=O)(=O)N2CCN(Cc3ccc(F)cc3)CC2)cc1Cl. The maximum absolute atomic E-state index is 13.0. The predicted molar refractivity (Wildman–Crippen MR) is 96.6 cm³/mol. The molecule has 4 nitrogen and oxygen atoms in total. The average Bonchev–Trinajstić information content (AvgIpc) is 2.60. The van der Waals surface area contributed by atoms with Crippen LogP contribution in [0.15, 0.2) is 47.4 Å². The fraction of sp³-hybridized carbons (Fsp3) is 0.333. The van der Waals surface area contributed by atoms with Gasteiger partial charge >= 0.3 is 0 Å². The Morgan fingerprint density at radius 2 is 1.68 bits per heavy atom. The van der Waals surface area contributed by atoms with E-state index in [1.54, 1.807) is 24.3 Å². The molecule has 1 saturated heterocycles. The van der Waals surface area contributed by atoms with Crippen LogP contribution in [0.4, 0.5) is 4.39 Å². The van der Waals surface area contributed by atoms with Crippen LogP contribution in [0, 0.1) is 12.7 Å². The van der Waals surface area contributed by atoms with Crippen molar-refractivity contribution in [2.45, 2.75) is 18.4 Å². The predicted octanol–water partition coefficient (Wildman–Crippen LogP) is 3.29. The Kier molecular flexibility index (Phi) is 5.43. The molecule has 1 aliphatic heterocycles. The largest absolute Gasteiger partial charge is 0.296 e. The Bertz CT molecular complexity index is 848. The highest BCUT2D eigenvalue weighted by Crippen LogP contribution is 2.23. The van der Waals surface area contributed by atoms with Crippen molar-refractivity contribution in [3.63, 3.8) is 0 Å². The standard InChI is InChI=1S/C18H20ClFN2O2S/c1-14-2-7-17(12-18(14)19)25(23,24)22-10-8-21(9-11-22)13-15-3-5-16(20)6-4-15/h2-7,12H,8-11,13H2,1H3. The van der Waals surface area contributed by atoms with Gasteiger partial charge in [-0.25, -0.2) is 12.8 Å². The van der Waals surface area contributed by atoms with Gasteiger partial charge in [0.2, 0.25) is 10.0 Å². The van der Waals surface area contributed by atoms with Gasteiger partial charge in [0.25, 0.3) is 0 Å². The molecule has 0 saturated carbocycles. The number of rotatable bonds is 4. The van der Waals surface area contributed by atoms with Gasteiger partial charge in [0.05, 0.1) is 4.90 Å². The van der Waals surface area contributed by atoms with Gasteiger partial charge in [0.1, 0.15) is 5.82 Å². The molecule has 0 bridgehead atoms. The number of aryl methyl sites for hydroxylation is 1. The van der Waals surface area contributed by atoms with E-state index in [9.17, 15) is 12.8 Å². The normalized spacial score (nSPS) is 16.9. The lowest BCUT2D eigenvalue weighted by Crippen LogP contribution is -2.48. The summed E-state index contributed by atoms with van der Waals surface area (Å²) >= 11 is 6.07. The Morgan fingerprint density at radius 3 is 2.28 bits per heavy atom. The molecule has 0 atom stereocenters. The minimum atomic E-state index is -3.53. The number of nitrogens with zero attached hydrogens (tertiary/aromatic N) is 2. The van der Waals surface area contributed by atoms with Crippen molar-refractivity contribution in [2.75, 3.05) is 26.2 Å². The molecule has 0 aromatic heterocycles. The lowest BCUT2D eigenvalue weighted by Gasteiger charge is -2.34. The lowest BCUT2D eigenvalue weighted by molar-refractivity contribution is 0.181. The van der Waals surface area contributed by atoms with E-state index in [2.05, 4.69) is 4.90 Å². The number of sulfonamides is 1. The van der Waals surface area contributed by atoms with Crippen molar-refractivity contribution < 1.29 is 12.8 Å². The van der Waals surface area contributed by atoms with Crippen LogP contribution in [-0.4, -0.2) is 43.8 Å². The van der Waals surface area contributed by atoms with Crippen LogP contribution in [0.2, 0.25) is 5.02 Å². The molecule has 0 spiro atoms. The van der Waals surface area contributed by atoms with Crippen LogP contribution < -0.4 is 0 Å². The van der Waals surface area contributed by atoms with Gasteiger partial charge in [-0.3, -0.25) is 4.90 Å². The summed E-state index contributed by atoms with van der Waals surface area (Å²) < 4.78 is 40.0. The molecule has 1 heterocycles. The summed E-state index contributed by atoms with van der Waals surface area (Å²) in [4.78, 5) is 2.40. The number of piperazine rings is 1. The van der Waals surface area contributed by atoms with Gasteiger partial charge in [0.15, 0.2) is 0 Å². The van der Waals surface area contributed by atoms with Crippen molar-refractivity contribution in [3.8, 4) is 0 Å². The van der Waals surface area contributed by atoms with Gasteiger partial charge in [-0.05, 0) is 42.3 Å². The molecule has 134 valence electrons. The molecule has 0 radical (unpaired) electrons. The Balaban J connectivity index is 1.64. The zero-order chi connectivity index (χ0) is 18.0. The van der Waals surface area contributed by atoms with E-state index in [0.717, 1.165) is 11.1 Å². The van der Waals surface area contributed by atoms with Crippen molar-refractivity contribution in [3.05, 3.63) is 64.4 Å². The summed E-state index contributed by atoms with van der Waals surface area (Å²) in [5, 5.41) is 0.455. The molecule has 0 amide bonds. The third kappa shape index (κ3) is 4.20. The van der Waals surface area contributed by atoms with Crippen molar-refractivity contribution in [1.29, 1.82) is 0 Å². The first-order valence-corrected chi connectivity index (χ1v) is 9.91. The maximum Gasteiger partial charge on any atom is 0.243 e. The fourth-order valence-electron chi connectivity index (χ4n) is 2.86. The zero-order valence-corrected chi connectivity index (χ0v) is 15.5. The Hall–Kier alpha value is -1.47. The average molecular weight is 383 g/mol. The minimum absolute atomic E-state index is 0.232. The first kappa shape index (κ1) is 18.3. The molecule has 3 rings (SSSR count).